The van der Waals surface area contributed by atoms with Crippen LogP contribution in [0.3, 0.4) is 0 Å². The third-order valence-electron chi connectivity index (χ3n) is 3.58. The van der Waals surface area contributed by atoms with Gasteiger partial charge in [-0.1, -0.05) is 12.5 Å². The van der Waals surface area contributed by atoms with Crippen molar-refractivity contribution in [3.8, 4) is 5.75 Å². The van der Waals surface area contributed by atoms with Crippen molar-refractivity contribution in [3.63, 3.8) is 0 Å². The molecule has 0 unspecified atom stereocenters. The quantitative estimate of drug-likeness (QED) is 0.843. The molecule has 0 atom stereocenters. The molecule has 0 amide bonds. The van der Waals surface area contributed by atoms with Crippen molar-refractivity contribution in [1.29, 1.82) is 0 Å². The fourth-order valence-electron chi connectivity index (χ4n) is 2.31. The molecule has 1 saturated carbocycles. The van der Waals surface area contributed by atoms with Crippen LogP contribution in [0.2, 0.25) is 0 Å². The molecule has 0 aliphatic heterocycles. The molecule has 0 spiro atoms. The molecule has 0 saturated heterocycles. The van der Waals surface area contributed by atoms with Crippen molar-refractivity contribution in [2.24, 2.45) is 0 Å². The second-order valence-electron chi connectivity index (χ2n) is 4.75. The summed E-state index contributed by atoms with van der Waals surface area (Å²) >= 11 is 0. The van der Waals surface area contributed by atoms with E-state index in [9.17, 15) is 4.39 Å². The SMILES string of the molecule is COc1ccc(CN(CCO)C2CCC2)cc1F. The Balaban J connectivity index is 2.03. The van der Waals surface area contributed by atoms with Crippen LogP contribution in [0, 0.1) is 5.82 Å². The first-order valence-corrected chi connectivity index (χ1v) is 6.42. The minimum atomic E-state index is -0.326. The lowest BCUT2D eigenvalue weighted by Gasteiger charge is -2.37. The predicted octanol–water partition coefficient (Wildman–Crippen LogP) is 2.18. The Morgan fingerprint density at radius 2 is 2.22 bits per heavy atom. The highest BCUT2D eigenvalue weighted by Crippen LogP contribution is 2.27. The highest BCUT2D eigenvalue weighted by atomic mass is 19.1. The van der Waals surface area contributed by atoms with Gasteiger partial charge in [-0.05, 0) is 30.5 Å². The Hall–Kier alpha value is -1.13. The van der Waals surface area contributed by atoms with Crippen molar-refractivity contribution in [1.82, 2.24) is 4.90 Å². The maximum Gasteiger partial charge on any atom is 0.165 e. The van der Waals surface area contributed by atoms with Gasteiger partial charge in [-0.15, -0.1) is 0 Å². The topological polar surface area (TPSA) is 32.7 Å². The van der Waals surface area contributed by atoms with Crippen LogP contribution in [0.15, 0.2) is 18.2 Å². The van der Waals surface area contributed by atoms with Crippen LogP contribution in [-0.2, 0) is 6.54 Å². The number of hydrogen-bond acceptors (Lipinski definition) is 3. The van der Waals surface area contributed by atoms with Crippen LogP contribution in [0.4, 0.5) is 4.39 Å². The first kappa shape index (κ1) is 13.3. The molecule has 18 heavy (non-hydrogen) atoms. The number of halogens is 1. The summed E-state index contributed by atoms with van der Waals surface area (Å²) in [6.45, 7) is 1.49. The first-order chi connectivity index (χ1) is 8.74. The fraction of sp³-hybridized carbons (Fsp3) is 0.571. The molecule has 100 valence electrons. The van der Waals surface area contributed by atoms with Crippen molar-refractivity contribution in [3.05, 3.63) is 29.6 Å². The number of aliphatic hydroxyl groups excluding tert-OH is 1. The second-order valence-corrected chi connectivity index (χ2v) is 4.75. The summed E-state index contributed by atoms with van der Waals surface area (Å²) in [4.78, 5) is 2.23. The minimum absolute atomic E-state index is 0.148. The Morgan fingerprint density at radius 1 is 1.44 bits per heavy atom. The van der Waals surface area contributed by atoms with Gasteiger partial charge in [0.25, 0.3) is 0 Å². The fourth-order valence-corrected chi connectivity index (χ4v) is 2.31. The number of aliphatic hydroxyl groups is 1. The zero-order valence-electron chi connectivity index (χ0n) is 10.7. The molecule has 0 heterocycles. The van der Waals surface area contributed by atoms with E-state index in [4.69, 9.17) is 9.84 Å². The van der Waals surface area contributed by atoms with Crippen molar-refractivity contribution < 1.29 is 14.2 Å². The molecule has 3 nitrogen and oxygen atoms in total. The molecule has 4 heteroatoms. The Morgan fingerprint density at radius 3 is 2.72 bits per heavy atom. The van der Waals surface area contributed by atoms with Crippen LogP contribution >= 0.6 is 0 Å². The summed E-state index contributed by atoms with van der Waals surface area (Å²) in [6, 6.07) is 5.59. The number of methoxy groups -OCH3 is 1. The molecule has 1 aromatic rings. The maximum atomic E-state index is 13.6. The first-order valence-electron chi connectivity index (χ1n) is 6.42. The minimum Gasteiger partial charge on any atom is -0.494 e. The molecule has 1 aliphatic carbocycles. The van der Waals surface area contributed by atoms with Gasteiger partial charge in [0.05, 0.1) is 13.7 Å². The molecular formula is C14H20FNO2. The summed E-state index contributed by atoms with van der Waals surface area (Å²) < 4.78 is 18.5. The van der Waals surface area contributed by atoms with Gasteiger partial charge in [0, 0.05) is 19.1 Å². The van der Waals surface area contributed by atoms with Gasteiger partial charge in [-0.25, -0.2) is 4.39 Å². The van der Waals surface area contributed by atoms with E-state index in [0.717, 1.165) is 5.56 Å². The van der Waals surface area contributed by atoms with Crippen molar-refractivity contribution in [2.75, 3.05) is 20.3 Å². The van der Waals surface area contributed by atoms with E-state index in [-0.39, 0.29) is 18.2 Å². The highest BCUT2D eigenvalue weighted by Gasteiger charge is 2.24. The van der Waals surface area contributed by atoms with E-state index in [1.807, 2.05) is 6.07 Å². The third-order valence-corrected chi connectivity index (χ3v) is 3.58. The van der Waals surface area contributed by atoms with E-state index in [2.05, 4.69) is 4.90 Å². The summed E-state index contributed by atoms with van der Waals surface area (Å²) in [7, 11) is 1.46. The lowest BCUT2D eigenvalue weighted by molar-refractivity contribution is 0.0944. The number of hydrogen-bond donors (Lipinski definition) is 1. The lowest BCUT2D eigenvalue weighted by atomic mass is 9.91. The molecule has 1 aromatic carbocycles. The third kappa shape index (κ3) is 3.00. The molecule has 1 aliphatic rings. The summed E-state index contributed by atoms with van der Waals surface area (Å²) in [6.07, 6.45) is 3.61. The predicted molar refractivity (Wildman–Crippen MR) is 68.1 cm³/mol. The molecule has 1 fully saturated rings. The number of nitrogens with zero attached hydrogens (tertiary/aromatic N) is 1. The Kier molecular flexibility index (Phi) is 4.55. The van der Waals surface area contributed by atoms with Crippen LogP contribution in [0.25, 0.3) is 0 Å². The molecule has 0 bridgehead atoms. The van der Waals surface area contributed by atoms with Crippen LogP contribution in [-0.4, -0.2) is 36.3 Å². The van der Waals surface area contributed by atoms with E-state index in [1.165, 1.54) is 32.4 Å². The number of rotatable bonds is 6. The zero-order valence-corrected chi connectivity index (χ0v) is 10.7. The van der Waals surface area contributed by atoms with Gasteiger partial charge in [0.15, 0.2) is 11.6 Å². The standard InChI is InChI=1S/C14H20FNO2/c1-18-14-6-5-11(9-13(14)15)10-16(7-8-17)12-3-2-4-12/h5-6,9,12,17H,2-4,7-8,10H2,1H3. The summed E-state index contributed by atoms with van der Waals surface area (Å²) in [5.41, 5.74) is 0.925. The molecule has 0 radical (unpaired) electrons. The normalized spacial score (nSPS) is 15.8. The van der Waals surface area contributed by atoms with Crippen molar-refractivity contribution >= 4 is 0 Å². The monoisotopic (exact) mass is 253 g/mol. The van der Waals surface area contributed by atoms with Gasteiger partial charge >= 0.3 is 0 Å². The molecule has 2 rings (SSSR count). The smallest absolute Gasteiger partial charge is 0.165 e. The average Bonchev–Trinajstić information content (AvgIpc) is 2.27. The largest absolute Gasteiger partial charge is 0.494 e. The van der Waals surface area contributed by atoms with Crippen molar-refractivity contribution in [2.45, 2.75) is 31.8 Å². The van der Waals surface area contributed by atoms with Gasteiger partial charge < -0.3 is 9.84 Å². The zero-order chi connectivity index (χ0) is 13.0. The van der Waals surface area contributed by atoms with Gasteiger partial charge in [0.1, 0.15) is 0 Å². The van der Waals surface area contributed by atoms with Gasteiger partial charge in [-0.3, -0.25) is 4.90 Å². The van der Waals surface area contributed by atoms with Crippen LogP contribution in [0.5, 0.6) is 5.75 Å². The Bertz CT molecular complexity index is 393. The number of ether oxygens (including phenoxy) is 1. The van der Waals surface area contributed by atoms with E-state index < -0.39 is 0 Å². The average molecular weight is 253 g/mol. The molecular weight excluding hydrogens is 233 g/mol. The summed E-state index contributed by atoms with van der Waals surface area (Å²) in [5, 5.41) is 9.08. The molecule has 0 aromatic heterocycles. The van der Waals surface area contributed by atoms with Gasteiger partial charge in [0.2, 0.25) is 0 Å². The van der Waals surface area contributed by atoms with E-state index in [0.29, 0.717) is 19.1 Å². The Labute approximate surface area is 107 Å². The van der Waals surface area contributed by atoms with Crippen LogP contribution < -0.4 is 4.74 Å². The van der Waals surface area contributed by atoms with E-state index >= 15 is 0 Å². The summed E-state index contributed by atoms with van der Waals surface area (Å²) in [5.74, 6) is -0.0522. The lowest BCUT2D eigenvalue weighted by Crippen LogP contribution is -2.41. The van der Waals surface area contributed by atoms with E-state index in [1.54, 1.807) is 6.07 Å². The second kappa shape index (κ2) is 6.16. The van der Waals surface area contributed by atoms with Gasteiger partial charge in [-0.2, -0.15) is 0 Å². The van der Waals surface area contributed by atoms with Crippen LogP contribution in [0.1, 0.15) is 24.8 Å². The molecule has 1 N–H and O–H groups in total. The maximum absolute atomic E-state index is 13.6. The highest BCUT2D eigenvalue weighted by molar-refractivity contribution is 5.29. The number of benzene rings is 1.